The Morgan fingerprint density at radius 2 is 2.30 bits per heavy atom. The number of thioether (sulfide) groups is 1. The van der Waals surface area contributed by atoms with Gasteiger partial charge in [-0.25, -0.2) is 4.98 Å². The van der Waals surface area contributed by atoms with Crippen LogP contribution in [-0.2, 0) is 6.42 Å². The third-order valence-corrected chi connectivity index (χ3v) is 3.92. The molecule has 5 nitrogen and oxygen atoms in total. The number of hydrogen-bond donors (Lipinski definition) is 1. The monoisotopic (exact) mass is 316 g/mol. The van der Waals surface area contributed by atoms with Crippen LogP contribution in [0, 0.1) is 0 Å². The fourth-order valence-corrected chi connectivity index (χ4v) is 2.61. The van der Waals surface area contributed by atoms with Gasteiger partial charge < -0.3 is 0 Å². The summed E-state index contributed by atoms with van der Waals surface area (Å²) < 4.78 is 24.8. The zero-order valence-corrected chi connectivity index (χ0v) is 12.0. The molecule has 106 valence electrons. The summed E-state index contributed by atoms with van der Waals surface area (Å²) in [6.45, 7) is 1.92. The number of amides is 1. The summed E-state index contributed by atoms with van der Waals surface area (Å²) in [4.78, 5) is 15.8. The molecule has 2 rings (SSSR count). The first-order valence-corrected chi connectivity index (χ1v) is 7.33. The van der Waals surface area contributed by atoms with Crippen LogP contribution in [0.4, 0.5) is 13.9 Å². The molecule has 2 aromatic heterocycles. The highest BCUT2D eigenvalue weighted by molar-refractivity contribution is 7.99. The first kappa shape index (κ1) is 14.8. The molecule has 0 spiro atoms. The number of aryl methyl sites for hydroxylation is 1. The molecule has 0 fully saturated rings. The molecule has 0 aliphatic heterocycles. The maximum absolute atomic E-state index is 12.4. The quantitative estimate of drug-likeness (QED) is 0.859. The Morgan fingerprint density at radius 3 is 2.95 bits per heavy atom. The molecule has 0 bridgehead atoms. The largest absolute Gasteiger partial charge is 0.296 e. The van der Waals surface area contributed by atoms with Gasteiger partial charge in [0, 0.05) is 6.20 Å². The van der Waals surface area contributed by atoms with E-state index in [1.54, 1.807) is 0 Å². The van der Waals surface area contributed by atoms with E-state index in [0.29, 0.717) is 11.6 Å². The highest BCUT2D eigenvalue weighted by atomic mass is 32.2. The number of anilines is 1. The van der Waals surface area contributed by atoms with E-state index < -0.39 is 11.7 Å². The first-order chi connectivity index (χ1) is 9.60. The lowest BCUT2D eigenvalue weighted by Gasteiger charge is -2.06. The molecule has 0 atom stereocenters. The van der Waals surface area contributed by atoms with E-state index >= 15 is 0 Å². The lowest BCUT2D eigenvalue weighted by molar-refractivity contribution is 0.102. The van der Waals surface area contributed by atoms with Crippen molar-refractivity contribution in [1.82, 2.24) is 15.2 Å². The molecular formula is C11H10F2N4OS2. The topological polar surface area (TPSA) is 67.8 Å². The molecule has 2 aromatic rings. The number of rotatable bonds is 5. The maximum Gasteiger partial charge on any atom is 0.290 e. The van der Waals surface area contributed by atoms with Crippen LogP contribution in [0.1, 0.15) is 22.3 Å². The van der Waals surface area contributed by atoms with Crippen molar-refractivity contribution in [1.29, 1.82) is 0 Å². The summed E-state index contributed by atoms with van der Waals surface area (Å²) in [6.07, 6.45) is 2.08. The second kappa shape index (κ2) is 6.71. The predicted molar refractivity (Wildman–Crippen MR) is 73.3 cm³/mol. The molecule has 1 N–H and O–H groups in total. The van der Waals surface area contributed by atoms with Gasteiger partial charge in [-0.3, -0.25) is 10.1 Å². The number of pyridine rings is 1. The van der Waals surface area contributed by atoms with Gasteiger partial charge in [-0.15, -0.1) is 10.2 Å². The van der Waals surface area contributed by atoms with Gasteiger partial charge >= 0.3 is 0 Å². The average molecular weight is 316 g/mol. The summed E-state index contributed by atoms with van der Waals surface area (Å²) in [6, 6.07) is 2.96. The lowest BCUT2D eigenvalue weighted by atomic mass is 10.3. The number of aromatic nitrogens is 3. The fourth-order valence-electron chi connectivity index (χ4n) is 1.35. The molecule has 0 saturated carbocycles. The van der Waals surface area contributed by atoms with Crippen molar-refractivity contribution in [2.24, 2.45) is 0 Å². The molecule has 0 unspecified atom stereocenters. The Bertz CT molecular complexity index is 606. The Hall–Kier alpha value is -1.61. The van der Waals surface area contributed by atoms with E-state index in [4.69, 9.17) is 0 Å². The van der Waals surface area contributed by atoms with Crippen molar-refractivity contribution < 1.29 is 13.6 Å². The molecule has 0 aromatic carbocycles. The highest BCUT2D eigenvalue weighted by Gasteiger charge is 2.17. The van der Waals surface area contributed by atoms with E-state index in [-0.39, 0.29) is 22.4 Å². The van der Waals surface area contributed by atoms with Crippen molar-refractivity contribution in [2.75, 3.05) is 5.32 Å². The zero-order valence-electron chi connectivity index (χ0n) is 10.3. The van der Waals surface area contributed by atoms with Crippen LogP contribution in [-0.4, -0.2) is 26.8 Å². The van der Waals surface area contributed by atoms with Gasteiger partial charge in [0.05, 0.1) is 5.56 Å². The third-order valence-electron chi connectivity index (χ3n) is 2.21. The smallest absolute Gasteiger partial charge is 0.290 e. The molecule has 2 heterocycles. The number of nitrogens with zero attached hydrogens (tertiary/aromatic N) is 3. The summed E-state index contributed by atoms with van der Waals surface area (Å²) in [5.41, 5.74) is 0.0889. The van der Waals surface area contributed by atoms with Crippen LogP contribution >= 0.6 is 23.1 Å². The standard InChI is InChI=1S/C11H10F2N4OS2/c1-2-7-16-17-11(19-7)15-8(18)6-4-3-5-14-9(6)20-10(12)13/h3-5,10H,2H2,1H3,(H,15,17,18). The zero-order chi connectivity index (χ0) is 14.5. The summed E-state index contributed by atoms with van der Waals surface area (Å²) >= 11 is 1.48. The van der Waals surface area contributed by atoms with Crippen LogP contribution in [0.3, 0.4) is 0 Å². The van der Waals surface area contributed by atoms with E-state index in [2.05, 4.69) is 20.5 Å². The molecule has 0 radical (unpaired) electrons. The normalized spacial score (nSPS) is 10.8. The summed E-state index contributed by atoms with van der Waals surface area (Å²) in [7, 11) is 0. The van der Waals surface area contributed by atoms with Gasteiger partial charge in [0.15, 0.2) is 0 Å². The van der Waals surface area contributed by atoms with E-state index in [0.717, 1.165) is 5.01 Å². The molecular weight excluding hydrogens is 306 g/mol. The Kier molecular flexibility index (Phi) is 4.96. The predicted octanol–water partition coefficient (Wildman–Crippen LogP) is 3.06. The Labute approximate surface area is 121 Å². The molecule has 0 aliphatic rings. The maximum atomic E-state index is 12.4. The van der Waals surface area contributed by atoms with Gasteiger partial charge in [-0.1, -0.05) is 18.3 Å². The van der Waals surface area contributed by atoms with Crippen LogP contribution in [0.15, 0.2) is 23.4 Å². The molecule has 9 heteroatoms. The number of carbonyl (C=O) groups excluding carboxylic acids is 1. The number of halogens is 2. The van der Waals surface area contributed by atoms with Crippen molar-refractivity contribution in [3.8, 4) is 0 Å². The average Bonchev–Trinajstić information content (AvgIpc) is 2.86. The van der Waals surface area contributed by atoms with Gasteiger partial charge in [0.2, 0.25) is 5.13 Å². The van der Waals surface area contributed by atoms with E-state index in [1.807, 2.05) is 6.92 Å². The van der Waals surface area contributed by atoms with Crippen LogP contribution in [0.2, 0.25) is 0 Å². The minimum atomic E-state index is -2.63. The summed E-state index contributed by atoms with van der Waals surface area (Å²) in [5.74, 6) is -3.16. The number of nitrogens with one attached hydrogen (secondary N) is 1. The fraction of sp³-hybridized carbons (Fsp3) is 0.273. The SMILES string of the molecule is CCc1nnc(NC(=O)c2cccnc2SC(F)F)s1. The van der Waals surface area contributed by atoms with Crippen LogP contribution in [0.5, 0.6) is 0 Å². The van der Waals surface area contributed by atoms with Crippen LogP contribution < -0.4 is 5.32 Å². The molecule has 0 saturated heterocycles. The van der Waals surface area contributed by atoms with E-state index in [1.165, 1.54) is 29.7 Å². The van der Waals surface area contributed by atoms with Gasteiger partial charge in [-0.05, 0) is 30.3 Å². The van der Waals surface area contributed by atoms with Crippen molar-refractivity contribution >= 4 is 34.1 Å². The van der Waals surface area contributed by atoms with Gasteiger partial charge in [0.25, 0.3) is 11.7 Å². The van der Waals surface area contributed by atoms with Crippen molar-refractivity contribution in [3.63, 3.8) is 0 Å². The van der Waals surface area contributed by atoms with Crippen LogP contribution in [0.25, 0.3) is 0 Å². The highest BCUT2D eigenvalue weighted by Crippen LogP contribution is 2.27. The minimum absolute atomic E-state index is 0.0137. The number of alkyl halides is 2. The second-order valence-electron chi connectivity index (χ2n) is 3.54. The Balaban J connectivity index is 2.16. The minimum Gasteiger partial charge on any atom is -0.296 e. The Morgan fingerprint density at radius 1 is 1.50 bits per heavy atom. The van der Waals surface area contributed by atoms with Crippen molar-refractivity contribution in [3.05, 3.63) is 28.9 Å². The number of carbonyl (C=O) groups is 1. The first-order valence-electron chi connectivity index (χ1n) is 5.63. The third kappa shape index (κ3) is 3.70. The molecule has 20 heavy (non-hydrogen) atoms. The molecule has 1 amide bonds. The summed E-state index contributed by atoms with van der Waals surface area (Å²) in [5, 5.41) is 11.3. The van der Waals surface area contributed by atoms with E-state index in [9.17, 15) is 13.6 Å². The lowest BCUT2D eigenvalue weighted by Crippen LogP contribution is -2.13. The van der Waals surface area contributed by atoms with Gasteiger partial charge in [0.1, 0.15) is 10.0 Å². The van der Waals surface area contributed by atoms with Gasteiger partial charge in [-0.2, -0.15) is 8.78 Å². The second-order valence-corrected chi connectivity index (χ2v) is 5.58. The van der Waals surface area contributed by atoms with Crippen molar-refractivity contribution in [2.45, 2.75) is 24.1 Å². The number of hydrogen-bond acceptors (Lipinski definition) is 6. The molecule has 0 aliphatic carbocycles.